The predicted octanol–water partition coefficient (Wildman–Crippen LogP) is 1.82. The highest BCUT2D eigenvalue weighted by molar-refractivity contribution is 5.90. The molecule has 114 valence electrons. The largest absolute Gasteiger partial charge is 0.478 e. The van der Waals surface area contributed by atoms with Crippen LogP contribution in [0.25, 0.3) is 0 Å². The first-order valence-corrected chi connectivity index (χ1v) is 6.83. The van der Waals surface area contributed by atoms with Gasteiger partial charge in [-0.3, -0.25) is 10.1 Å². The maximum atomic E-state index is 11.1. The van der Waals surface area contributed by atoms with Gasteiger partial charge >= 0.3 is 5.97 Å². The maximum absolute atomic E-state index is 11.1. The number of hydrogen-bond donors (Lipinski definition) is 1. The molecule has 1 aromatic rings. The second kappa shape index (κ2) is 6.09. The first kappa shape index (κ1) is 15.2. The highest BCUT2D eigenvalue weighted by Crippen LogP contribution is 2.31. The van der Waals surface area contributed by atoms with Crippen molar-refractivity contribution in [1.29, 1.82) is 0 Å². The summed E-state index contributed by atoms with van der Waals surface area (Å²) in [5.41, 5.74) is 0.436. The van der Waals surface area contributed by atoms with Gasteiger partial charge in [-0.15, -0.1) is 0 Å². The Kier molecular flexibility index (Phi) is 4.42. The predicted molar refractivity (Wildman–Crippen MR) is 79.0 cm³/mol. The van der Waals surface area contributed by atoms with Crippen LogP contribution in [0.4, 0.5) is 11.4 Å². The highest BCUT2D eigenvalue weighted by atomic mass is 16.6. The van der Waals surface area contributed by atoms with Gasteiger partial charge in [0.25, 0.3) is 5.69 Å². The number of nitrogens with zero attached hydrogens (tertiary/aromatic N) is 3. The summed E-state index contributed by atoms with van der Waals surface area (Å²) >= 11 is 0. The highest BCUT2D eigenvalue weighted by Gasteiger charge is 2.26. The summed E-state index contributed by atoms with van der Waals surface area (Å²) in [6, 6.07) is 4.41. The fourth-order valence-electron chi connectivity index (χ4n) is 2.69. The van der Waals surface area contributed by atoms with Crippen molar-refractivity contribution in [3.05, 3.63) is 33.9 Å². The van der Waals surface area contributed by atoms with Crippen LogP contribution in [-0.4, -0.2) is 54.1 Å². The Labute approximate surface area is 122 Å². The van der Waals surface area contributed by atoms with E-state index < -0.39 is 10.9 Å². The van der Waals surface area contributed by atoms with E-state index in [0.29, 0.717) is 24.8 Å². The third kappa shape index (κ3) is 3.30. The molecule has 0 aromatic heterocycles. The number of piperidine rings is 1. The third-order valence-electron chi connectivity index (χ3n) is 3.95. The lowest BCUT2D eigenvalue weighted by Gasteiger charge is -2.36. The Balaban J connectivity index is 2.27. The summed E-state index contributed by atoms with van der Waals surface area (Å²) in [5.74, 6) is -1.07. The van der Waals surface area contributed by atoms with Gasteiger partial charge < -0.3 is 14.9 Å². The molecule has 0 aliphatic carbocycles. The van der Waals surface area contributed by atoms with Crippen molar-refractivity contribution in [2.24, 2.45) is 0 Å². The Morgan fingerprint density at radius 2 is 2.00 bits per heavy atom. The zero-order chi connectivity index (χ0) is 15.6. The molecule has 0 saturated carbocycles. The molecule has 0 bridgehead atoms. The van der Waals surface area contributed by atoms with Crippen LogP contribution in [0.2, 0.25) is 0 Å². The molecule has 1 N–H and O–H groups in total. The molecular weight excluding hydrogens is 274 g/mol. The number of benzene rings is 1. The quantitative estimate of drug-likeness (QED) is 0.673. The Hall–Kier alpha value is -2.15. The van der Waals surface area contributed by atoms with Crippen LogP contribution in [0, 0.1) is 10.1 Å². The monoisotopic (exact) mass is 293 g/mol. The molecule has 1 saturated heterocycles. The summed E-state index contributed by atoms with van der Waals surface area (Å²) < 4.78 is 0. The molecule has 0 atom stereocenters. The van der Waals surface area contributed by atoms with Gasteiger partial charge in [-0.1, -0.05) is 0 Å². The number of nitro groups is 1. The maximum Gasteiger partial charge on any atom is 0.335 e. The number of carbonyl (C=O) groups is 1. The van der Waals surface area contributed by atoms with Crippen molar-refractivity contribution < 1.29 is 14.8 Å². The van der Waals surface area contributed by atoms with Crippen LogP contribution in [0.1, 0.15) is 23.2 Å². The smallest absolute Gasteiger partial charge is 0.335 e. The minimum Gasteiger partial charge on any atom is -0.478 e. The van der Waals surface area contributed by atoms with Crippen LogP contribution in [0.3, 0.4) is 0 Å². The topological polar surface area (TPSA) is 86.9 Å². The van der Waals surface area contributed by atoms with Crippen LogP contribution >= 0.6 is 0 Å². The van der Waals surface area contributed by atoms with Crippen molar-refractivity contribution >= 4 is 17.3 Å². The summed E-state index contributed by atoms with van der Waals surface area (Å²) in [6.45, 7) is 1.37. The number of carboxylic acids is 1. The molecule has 1 aliphatic heterocycles. The fraction of sp³-hybridized carbons (Fsp3) is 0.500. The normalized spacial score (nSPS) is 16.2. The molecule has 2 rings (SSSR count). The lowest BCUT2D eigenvalue weighted by Crippen LogP contribution is -2.42. The van der Waals surface area contributed by atoms with E-state index in [9.17, 15) is 14.9 Å². The van der Waals surface area contributed by atoms with Gasteiger partial charge in [0, 0.05) is 25.2 Å². The number of aromatic carboxylic acids is 1. The van der Waals surface area contributed by atoms with E-state index in [1.54, 1.807) is 0 Å². The Morgan fingerprint density at radius 3 is 2.48 bits per heavy atom. The SMILES string of the molecule is CN(C)C1CCN(c2cc(C(=O)O)ccc2[N+](=O)[O-])CC1. The van der Waals surface area contributed by atoms with Crippen molar-refractivity contribution in [1.82, 2.24) is 4.90 Å². The first-order chi connectivity index (χ1) is 9.90. The van der Waals surface area contributed by atoms with Gasteiger partial charge in [0.05, 0.1) is 10.5 Å². The van der Waals surface area contributed by atoms with Crippen molar-refractivity contribution in [2.45, 2.75) is 18.9 Å². The lowest BCUT2D eigenvalue weighted by atomic mass is 10.0. The number of carboxylic acid groups (broad SMARTS) is 1. The van der Waals surface area contributed by atoms with Gasteiger partial charge in [0.2, 0.25) is 0 Å². The second-order valence-corrected chi connectivity index (χ2v) is 5.45. The molecule has 0 radical (unpaired) electrons. The number of nitro benzene ring substituents is 1. The Morgan fingerprint density at radius 1 is 1.38 bits per heavy atom. The van der Waals surface area contributed by atoms with Gasteiger partial charge in [0.1, 0.15) is 5.69 Å². The zero-order valence-electron chi connectivity index (χ0n) is 12.2. The molecule has 1 heterocycles. The average molecular weight is 293 g/mol. The summed E-state index contributed by atoms with van der Waals surface area (Å²) in [5, 5.41) is 20.2. The van der Waals surface area contributed by atoms with Crippen molar-refractivity contribution in [2.75, 3.05) is 32.1 Å². The zero-order valence-corrected chi connectivity index (χ0v) is 12.2. The summed E-state index contributed by atoms with van der Waals surface area (Å²) in [6.07, 6.45) is 1.81. The van der Waals surface area contributed by atoms with E-state index in [1.807, 2.05) is 19.0 Å². The molecule has 7 nitrogen and oxygen atoms in total. The third-order valence-corrected chi connectivity index (χ3v) is 3.95. The van der Waals surface area contributed by atoms with Gasteiger partial charge in [-0.2, -0.15) is 0 Å². The van der Waals surface area contributed by atoms with Crippen LogP contribution in [-0.2, 0) is 0 Å². The molecule has 7 heteroatoms. The number of hydrogen-bond acceptors (Lipinski definition) is 5. The van der Waals surface area contributed by atoms with Crippen LogP contribution in [0.5, 0.6) is 0 Å². The van der Waals surface area contributed by atoms with Gasteiger partial charge in [-0.05, 0) is 39.1 Å². The Bertz CT molecular complexity index is 551. The van der Waals surface area contributed by atoms with E-state index in [-0.39, 0.29) is 11.3 Å². The van der Waals surface area contributed by atoms with E-state index in [1.165, 1.54) is 18.2 Å². The molecule has 1 fully saturated rings. The fourth-order valence-corrected chi connectivity index (χ4v) is 2.69. The standard InChI is InChI=1S/C14H19N3O4/c1-15(2)11-5-7-16(8-6-11)13-9-10(14(18)19)3-4-12(13)17(20)21/h3-4,9,11H,5-8H2,1-2H3,(H,18,19). The molecule has 1 aliphatic rings. The second-order valence-electron chi connectivity index (χ2n) is 5.45. The van der Waals surface area contributed by atoms with E-state index in [0.717, 1.165) is 12.8 Å². The van der Waals surface area contributed by atoms with Crippen LogP contribution in [0.15, 0.2) is 18.2 Å². The molecule has 1 aromatic carbocycles. The van der Waals surface area contributed by atoms with Gasteiger partial charge in [-0.25, -0.2) is 4.79 Å². The van der Waals surface area contributed by atoms with Crippen LogP contribution < -0.4 is 4.90 Å². The van der Waals surface area contributed by atoms with Crippen molar-refractivity contribution in [3.8, 4) is 0 Å². The average Bonchev–Trinajstić information content (AvgIpc) is 2.46. The first-order valence-electron chi connectivity index (χ1n) is 6.83. The number of anilines is 1. The summed E-state index contributed by atoms with van der Waals surface area (Å²) in [7, 11) is 4.04. The minimum absolute atomic E-state index is 0.0386. The molecular formula is C14H19N3O4. The molecule has 0 spiro atoms. The minimum atomic E-state index is -1.07. The van der Waals surface area contributed by atoms with Crippen molar-refractivity contribution in [3.63, 3.8) is 0 Å². The molecule has 21 heavy (non-hydrogen) atoms. The molecule has 0 unspecified atom stereocenters. The van der Waals surface area contributed by atoms with E-state index in [4.69, 9.17) is 5.11 Å². The number of rotatable bonds is 4. The van der Waals surface area contributed by atoms with Gasteiger partial charge in [0.15, 0.2) is 0 Å². The van der Waals surface area contributed by atoms with E-state index in [2.05, 4.69) is 4.90 Å². The molecule has 0 amide bonds. The van der Waals surface area contributed by atoms with E-state index >= 15 is 0 Å². The summed E-state index contributed by atoms with van der Waals surface area (Å²) in [4.78, 5) is 25.8. The lowest BCUT2D eigenvalue weighted by molar-refractivity contribution is -0.384.